The SMILES string of the molecule is CC1C(C(=O)O)CCN1C(=O)c1cccc(OC(F)F)c1. The second kappa shape index (κ2) is 6.07. The number of carbonyl (C=O) groups excluding carboxylic acids is 1. The molecule has 7 heteroatoms. The average Bonchev–Trinajstić information content (AvgIpc) is 2.79. The van der Waals surface area contributed by atoms with Crippen molar-refractivity contribution in [1.82, 2.24) is 4.90 Å². The van der Waals surface area contributed by atoms with E-state index < -0.39 is 24.5 Å². The van der Waals surface area contributed by atoms with Crippen LogP contribution in [-0.4, -0.2) is 41.1 Å². The molecule has 2 rings (SSSR count). The summed E-state index contributed by atoms with van der Waals surface area (Å²) in [5.74, 6) is -2.02. The fraction of sp³-hybridized carbons (Fsp3) is 0.429. The molecular formula is C14H15F2NO4. The van der Waals surface area contributed by atoms with Crippen LogP contribution >= 0.6 is 0 Å². The maximum atomic E-state index is 12.4. The molecule has 0 saturated carbocycles. The van der Waals surface area contributed by atoms with Crippen molar-refractivity contribution in [2.24, 2.45) is 5.92 Å². The molecule has 0 aliphatic carbocycles. The molecule has 114 valence electrons. The molecule has 1 aromatic carbocycles. The zero-order valence-electron chi connectivity index (χ0n) is 11.3. The highest BCUT2D eigenvalue weighted by atomic mass is 19.3. The van der Waals surface area contributed by atoms with Crippen molar-refractivity contribution in [1.29, 1.82) is 0 Å². The number of hydrogen-bond acceptors (Lipinski definition) is 3. The van der Waals surface area contributed by atoms with Gasteiger partial charge < -0.3 is 14.7 Å². The lowest BCUT2D eigenvalue weighted by Gasteiger charge is -2.23. The maximum Gasteiger partial charge on any atom is 0.387 e. The Morgan fingerprint density at radius 3 is 2.71 bits per heavy atom. The summed E-state index contributed by atoms with van der Waals surface area (Å²) in [6.45, 7) is -0.961. The van der Waals surface area contributed by atoms with Gasteiger partial charge in [-0.15, -0.1) is 0 Å². The summed E-state index contributed by atoms with van der Waals surface area (Å²) >= 11 is 0. The minimum atomic E-state index is -2.96. The van der Waals surface area contributed by atoms with Gasteiger partial charge in [0.2, 0.25) is 0 Å². The number of alkyl halides is 2. The van der Waals surface area contributed by atoms with Crippen molar-refractivity contribution < 1.29 is 28.2 Å². The Labute approximate surface area is 120 Å². The minimum Gasteiger partial charge on any atom is -0.481 e. The predicted molar refractivity (Wildman–Crippen MR) is 69.3 cm³/mol. The van der Waals surface area contributed by atoms with E-state index in [-0.39, 0.29) is 17.2 Å². The standard InChI is InChI=1S/C14H15F2NO4/c1-8-11(13(19)20)5-6-17(8)12(18)9-3-2-4-10(7-9)21-14(15)16/h2-4,7-8,11,14H,5-6H2,1H3,(H,19,20). The summed E-state index contributed by atoms with van der Waals surface area (Å²) < 4.78 is 28.6. The molecule has 1 amide bonds. The van der Waals surface area contributed by atoms with Gasteiger partial charge in [0, 0.05) is 18.2 Å². The van der Waals surface area contributed by atoms with E-state index in [0.29, 0.717) is 13.0 Å². The van der Waals surface area contributed by atoms with Crippen molar-refractivity contribution in [2.75, 3.05) is 6.54 Å². The number of aliphatic carboxylic acids is 1. The molecule has 1 aliphatic heterocycles. The third-order valence-electron chi connectivity index (χ3n) is 3.64. The first-order valence-corrected chi connectivity index (χ1v) is 6.49. The van der Waals surface area contributed by atoms with Gasteiger partial charge in [0.25, 0.3) is 5.91 Å². The lowest BCUT2D eigenvalue weighted by atomic mass is 10.0. The molecule has 1 N–H and O–H groups in total. The number of carboxylic acids is 1. The van der Waals surface area contributed by atoms with Gasteiger partial charge in [0.15, 0.2) is 0 Å². The van der Waals surface area contributed by atoms with Crippen LogP contribution in [0.1, 0.15) is 23.7 Å². The highest BCUT2D eigenvalue weighted by Crippen LogP contribution is 2.27. The number of ether oxygens (including phenoxy) is 1. The third kappa shape index (κ3) is 3.29. The average molecular weight is 299 g/mol. The molecule has 1 heterocycles. The molecule has 0 bridgehead atoms. The van der Waals surface area contributed by atoms with Crippen LogP contribution in [0.3, 0.4) is 0 Å². The van der Waals surface area contributed by atoms with Crippen molar-refractivity contribution in [3.63, 3.8) is 0 Å². The van der Waals surface area contributed by atoms with Crippen LogP contribution in [0, 0.1) is 5.92 Å². The fourth-order valence-corrected chi connectivity index (χ4v) is 2.53. The van der Waals surface area contributed by atoms with Gasteiger partial charge in [-0.25, -0.2) is 0 Å². The molecule has 1 aliphatic rings. The second-order valence-electron chi connectivity index (χ2n) is 4.88. The zero-order valence-corrected chi connectivity index (χ0v) is 11.3. The van der Waals surface area contributed by atoms with E-state index >= 15 is 0 Å². The number of hydrogen-bond donors (Lipinski definition) is 1. The maximum absolute atomic E-state index is 12.4. The number of amides is 1. The van der Waals surface area contributed by atoms with Crippen molar-refractivity contribution in [3.05, 3.63) is 29.8 Å². The molecular weight excluding hydrogens is 284 g/mol. The Morgan fingerprint density at radius 2 is 2.14 bits per heavy atom. The van der Waals surface area contributed by atoms with Crippen LogP contribution in [0.5, 0.6) is 5.75 Å². The molecule has 1 aromatic rings. The van der Waals surface area contributed by atoms with Crippen LogP contribution in [0.4, 0.5) is 8.78 Å². The topological polar surface area (TPSA) is 66.8 Å². The quantitative estimate of drug-likeness (QED) is 0.925. The number of nitrogens with zero attached hydrogens (tertiary/aromatic N) is 1. The summed E-state index contributed by atoms with van der Waals surface area (Å²) in [6, 6.07) is 5.06. The van der Waals surface area contributed by atoms with Crippen LogP contribution in [-0.2, 0) is 4.79 Å². The lowest BCUT2D eigenvalue weighted by molar-refractivity contribution is -0.142. The predicted octanol–water partition coefficient (Wildman–Crippen LogP) is 2.22. The summed E-state index contributed by atoms with van der Waals surface area (Å²) in [6.07, 6.45) is 0.384. The Hall–Kier alpha value is -2.18. The Morgan fingerprint density at radius 1 is 1.43 bits per heavy atom. The van der Waals surface area contributed by atoms with Gasteiger partial charge in [-0.2, -0.15) is 8.78 Å². The summed E-state index contributed by atoms with van der Waals surface area (Å²) in [5.41, 5.74) is 0.200. The molecule has 1 fully saturated rings. The molecule has 0 radical (unpaired) electrons. The van der Waals surface area contributed by atoms with E-state index in [9.17, 15) is 18.4 Å². The van der Waals surface area contributed by atoms with Gasteiger partial charge >= 0.3 is 12.6 Å². The summed E-state index contributed by atoms with van der Waals surface area (Å²) in [5, 5.41) is 9.06. The smallest absolute Gasteiger partial charge is 0.387 e. The number of rotatable bonds is 4. The first-order chi connectivity index (χ1) is 9.90. The van der Waals surface area contributed by atoms with E-state index in [2.05, 4.69) is 4.74 Å². The highest BCUT2D eigenvalue weighted by molar-refractivity contribution is 5.95. The van der Waals surface area contributed by atoms with E-state index in [0.717, 1.165) is 0 Å². The summed E-state index contributed by atoms with van der Waals surface area (Å²) in [4.78, 5) is 24.8. The lowest BCUT2D eigenvalue weighted by Crippen LogP contribution is -2.37. The fourth-order valence-electron chi connectivity index (χ4n) is 2.53. The van der Waals surface area contributed by atoms with Crippen molar-refractivity contribution >= 4 is 11.9 Å². The largest absolute Gasteiger partial charge is 0.481 e. The van der Waals surface area contributed by atoms with Crippen molar-refractivity contribution in [3.8, 4) is 5.75 Å². The van der Waals surface area contributed by atoms with Gasteiger partial charge in [-0.05, 0) is 31.5 Å². The van der Waals surface area contributed by atoms with Crippen molar-refractivity contribution in [2.45, 2.75) is 26.0 Å². The molecule has 0 aromatic heterocycles. The Bertz CT molecular complexity index is 550. The van der Waals surface area contributed by atoms with Crippen LogP contribution in [0.2, 0.25) is 0 Å². The zero-order chi connectivity index (χ0) is 15.6. The monoisotopic (exact) mass is 299 g/mol. The van der Waals surface area contributed by atoms with E-state index in [1.54, 1.807) is 6.92 Å². The number of benzene rings is 1. The van der Waals surface area contributed by atoms with Crippen LogP contribution in [0.15, 0.2) is 24.3 Å². The minimum absolute atomic E-state index is 0.0996. The van der Waals surface area contributed by atoms with E-state index in [1.165, 1.54) is 29.2 Å². The van der Waals surface area contributed by atoms with E-state index in [1.807, 2.05) is 0 Å². The normalized spacial score (nSPS) is 21.6. The third-order valence-corrected chi connectivity index (χ3v) is 3.64. The first-order valence-electron chi connectivity index (χ1n) is 6.49. The number of likely N-dealkylation sites (tertiary alicyclic amines) is 1. The van der Waals surface area contributed by atoms with Gasteiger partial charge in [0.1, 0.15) is 5.75 Å². The molecule has 5 nitrogen and oxygen atoms in total. The van der Waals surface area contributed by atoms with Gasteiger partial charge in [-0.1, -0.05) is 6.07 Å². The molecule has 1 saturated heterocycles. The highest BCUT2D eigenvalue weighted by Gasteiger charge is 2.38. The number of carboxylic acid groups (broad SMARTS) is 1. The molecule has 2 atom stereocenters. The second-order valence-corrected chi connectivity index (χ2v) is 4.88. The molecule has 0 spiro atoms. The van der Waals surface area contributed by atoms with E-state index in [4.69, 9.17) is 5.11 Å². The van der Waals surface area contributed by atoms with Crippen LogP contribution < -0.4 is 4.74 Å². The number of carbonyl (C=O) groups is 2. The van der Waals surface area contributed by atoms with Gasteiger partial charge in [0.05, 0.1) is 5.92 Å². The summed E-state index contributed by atoms with van der Waals surface area (Å²) in [7, 11) is 0. The number of halogens is 2. The Kier molecular flexibility index (Phi) is 4.40. The molecule has 2 unspecified atom stereocenters. The first kappa shape index (κ1) is 15.2. The molecule has 21 heavy (non-hydrogen) atoms. The van der Waals surface area contributed by atoms with Gasteiger partial charge in [-0.3, -0.25) is 9.59 Å². The Balaban J connectivity index is 2.15. The van der Waals surface area contributed by atoms with Crippen LogP contribution in [0.25, 0.3) is 0 Å².